The van der Waals surface area contributed by atoms with Crippen molar-refractivity contribution in [2.45, 2.75) is 30.8 Å². The third-order valence-electron chi connectivity index (χ3n) is 3.28. The molecule has 10 heteroatoms. The van der Waals surface area contributed by atoms with Crippen molar-refractivity contribution in [3.05, 3.63) is 28.4 Å². The highest BCUT2D eigenvalue weighted by Gasteiger charge is 2.33. The van der Waals surface area contributed by atoms with Gasteiger partial charge in [0.2, 0.25) is 0 Å². The van der Waals surface area contributed by atoms with Gasteiger partial charge in [-0.05, 0) is 13.5 Å². The summed E-state index contributed by atoms with van der Waals surface area (Å²) in [6, 6.07) is -0.307. The van der Waals surface area contributed by atoms with Crippen LogP contribution >= 0.6 is 0 Å². The number of aliphatic hydroxyl groups excluding tert-OH is 3. The van der Waals surface area contributed by atoms with Gasteiger partial charge in [0.15, 0.2) is 0 Å². The van der Waals surface area contributed by atoms with Crippen LogP contribution in [0.2, 0.25) is 0 Å². The number of nitrogens with zero attached hydrogens (tertiary/aromatic N) is 2. The Balaban J connectivity index is 0.000000220. The molecule has 4 N–H and O–H groups in total. The highest BCUT2D eigenvalue weighted by atomic mass is 19.4. The van der Waals surface area contributed by atoms with Crippen molar-refractivity contribution in [1.82, 2.24) is 14.9 Å². The zero-order valence-electron chi connectivity index (χ0n) is 11.8. The first-order valence-corrected chi connectivity index (χ1v) is 6.45. The summed E-state index contributed by atoms with van der Waals surface area (Å²) >= 11 is 0. The Hall–Kier alpha value is -1.49. The van der Waals surface area contributed by atoms with E-state index >= 15 is 0 Å². The van der Waals surface area contributed by atoms with Gasteiger partial charge in [-0.3, -0.25) is 14.7 Å². The van der Waals surface area contributed by atoms with Crippen LogP contribution in [0.3, 0.4) is 0 Å². The van der Waals surface area contributed by atoms with Crippen molar-refractivity contribution in [2.75, 3.05) is 20.2 Å². The zero-order valence-corrected chi connectivity index (χ0v) is 11.8. The maximum Gasteiger partial charge on any atom is 0.432 e. The molecular weight excluding hydrogens is 307 g/mol. The lowest BCUT2D eigenvalue weighted by Gasteiger charge is -2.38. The maximum atomic E-state index is 11.8. The Kier molecular flexibility index (Phi) is 6.48. The van der Waals surface area contributed by atoms with Gasteiger partial charge in [-0.2, -0.15) is 13.2 Å². The Morgan fingerprint density at radius 3 is 2.45 bits per heavy atom. The Bertz CT molecular complexity index is 523. The molecule has 126 valence electrons. The molecule has 0 spiro atoms. The number of hydrogen-bond donors (Lipinski definition) is 4. The molecule has 1 aliphatic heterocycles. The molecule has 0 saturated carbocycles. The average molecular weight is 325 g/mol. The van der Waals surface area contributed by atoms with Crippen LogP contribution in [0.1, 0.15) is 12.1 Å². The number of H-pyrrole nitrogens is 1. The van der Waals surface area contributed by atoms with Crippen molar-refractivity contribution in [2.24, 2.45) is 0 Å². The van der Waals surface area contributed by atoms with Gasteiger partial charge < -0.3 is 20.3 Å². The van der Waals surface area contributed by atoms with E-state index in [1.165, 1.54) is 0 Å². The molecule has 2 rings (SSSR count). The topological polar surface area (TPSA) is 110 Å². The predicted molar refractivity (Wildman–Crippen MR) is 70.0 cm³/mol. The summed E-state index contributed by atoms with van der Waals surface area (Å²) in [5.41, 5.74) is -2.00. The maximum absolute atomic E-state index is 11.8. The van der Waals surface area contributed by atoms with E-state index in [0.29, 0.717) is 12.6 Å². The quantitative estimate of drug-likeness (QED) is 0.538. The number of aromatic amines is 1. The molecule has 0 bridgehead atoms. The van der Waals surface area contributed by atoms with Gasteiger partial charge in [-0.1, -0.05) is 0 Å². The van der Waals surface area contributed by atoms with Crippen molar-refractivity contribution in [1.29, 1.82) is 0 Å². The largest absolute Gasteiger partial charge is 0.432 e. The summed E-state index contributed by atoms with van der Waals surface area (Å²) < 4.78 is 35.3. The van der Waals surface area contributed by atoms with Gasteiger partial charge >= 0.3 is 6.18 Å². The van der Waals surface area contributed by atoms with Crippen molar-refractivity contribution < 1.29 is 28.5 Å². The average Bonchev–Trinajstić information content (AvgIpc) is 2.44. The van der Waals surface area contributed by atoms with Crippen LogP contribution in [0.4, 0.5) is 13.2 Å². The number of nitrogens with one attached hydrogen (secondary N) is 1. The molecule has 1 fully saturated rings. The normalized spacial score (nSPS) is 26.2. The lowest BCUT2D eigenvalue weighted by Crippen LogP contribution is -2.54. The molecule has 0 aromatic carbocycles. The SMILES string of the molecule is CN1CCC(O)C(O)C1CO.O=c1cncc(C(F)(F)F)[nH]1. The Morgan fingerprint density at radius 1 is 1.41 bits per heavy atom. The van der Waals surface area contributed by atoms with E-state index in [1.807, 2.05) is 11.9 Å². The molecule has 1 aromatic rings. The fraction of sp³-hybridized carbons (Fsp3) is 0.667. The Morgan fingerprint density at radius 2 is 2.05 bits per heavy atom. The number of hydrogen-bond acceptors (Lipinski definition) is 6. The van der Waals surface area contributed by atoms with Crippen LogP contribution in [0.25, 0.3) is 0 Å². The van der Waals surface area contributed by atoms with Crippen molar-refractivity contribution in [3.63, 3.8) is 0 Å². The number of aliphatic hydroxyl groups is 3. The molecule has 2 heterocycles. The molecule has 22 heavy (non-hydrogen) atoms. The highest BCUT2D eigenvalue weighted by Crippen LogP contribution is 2.25. The molecule has 3 unspecified atom stereocenters. The second-order valence-corrected chi connectivity index (χ2v) is 4.89. The van der Waals surface area contributed by atoms with Gasteiger partial charge in [0.25, 0.3) is 5.56 Å². The molecule has 1 aromatic heterocycles. The van der Waals surface area contributed by atoms with Gasteiger partial charge in [-0.15, -0.1) is 0 Å². The number of rotatable bonds is 1. The first-order chi connectivity index (χ1) is 10.2. The van der Waals surface area contributed by atoms with Crippen LogP contribution < -0.4 is 5.56 Å². The number of piperidine rings is 1. The first-order valence-electron chi connectivity index (χ1n) is 6.45. The van der Waals surface area contributed by atoms with E-state index in [2.05, 4.69) is 4.98 Å². The minimum atomic E-state index is -4.53. The van der Waals surface area contributed by atoms with Crippen LogP contribution in [0.5, 0.6) is 0 Å². The fourth-order valence-electron chi connectivity index (χ4n) is 1.96. The number of aromatic nitrogens is 2. The number of likely N-dealkylation sites (tertiary alicyclic amines) is 1. The molecule has 0 radical (unpaired) electrons. The first kappa shape index (κ1) is 18.6. The van der Waals surface area contributed by atoms with Gasteiger partial charge in [0.1, 0.15) is 5.69 Å². The summed E-state index contributed by atoms with van der Waals surface area (Å²) in [6.45, 7) is 0.623. The van der Waals surface area contributed by atoms with E-state index in [-0.39, 0.29) is 12.6 Å². The summed E-state index contributed by atoms with van der Waals surface area (Å²) in [4.78, 5) is 16.9. The fourth-order valence-corrected chi connectivity index (χ4v) is 1.96. The monoisotopic (exact) mass is 325 g/mol. The van der Waals surface area contributed by atoms with E-state index in [4.69, 9.17) is 5.11 Å². The number of halogens is 3. The minimum Gasteiger partial charge on any atom is -0.395 e. The summed E-state index contributed by atoms with van der Waals surface area (Å²) in [7, 11) is 1.83. The molecular formula is C12H18F3N3O4. The molecule has 3 atom stereocenters. The van der Waals surface area contributed by atoms with Gasteiger partial charge in [-0.25, -0.2) is 0 Å². The second kappa shape index (κ2) is 7.68. The third-order valence-corrected chi connectivity index (χ3v) is 3.28. The number of alkyl halides is 3. The van der Waals surface area contributed by atoms with Crippen LogP contribution in [-0.4, -0.2) is 68.6 Å². The summed E-state index contributed by atoms with van der Waals surface area (Å²) in [5, 5.41) is 27.4. The smallest absolute Gasteiger partial charge is 0.395 e. The van der Waals surface area contributed by atoms with Gasteiger partial charge in [0.05, 0.1) is 37.3 Å². The summed E-state index contributed by atoms with van der Waals surface area (Å²) in [5.74, 6) is 0. The van der Waals surface area contributed by atoms with Gasteiger partial charge in [0, 0.05) is 6.54 Å². The highest BCUT2D eigenvalue weighted by molar-refractivity contribution is 4.99. The van der Waals surface area contributed by atoms with E-state index in [9.17, 15) is 28.2 Å². The lowest BCUT2D eigenvalue weighted by atomic mass is 9.97. The third kappa shape index (κ3) is 5.05. The lowest BCUT2D eigenvalue weighted by molar-refractivity contribution is -0.141. The van der Waals surface area contributed by atoms with Crippen LogP contribution in [0, 0.1) is 0 Å². The zero-order chi connectivity index (χ0) is 16.9. The van der Waals surface area contributed by atoms with E-state index < -0.39 is 29.6 Å². The van der Waals surface area contributed by atoms with Crippen LogP contribution in [0.15, 0.2) is 17.2 Å². The minimum absolute atomic E-state index is 0.102. The standard InChI is InChI=1S/C7H15NO3.C5H3F3N2O/c1-8-3-2-6(10)7(11)5(8)4-9;6-5(7,8)3-1-9-2-4(11)10-3/h5-7,9-11H,2-4H2,1H3;1-2H,(H,10,11). The molecule has 1 saturated heterocycles. The molecule has 7 nitrogen and oxygen atoms in total. The summed E-state index contributed by atoms with van der Waals surface area (Å²) in [6.07, 6.45) is -4.11. The van der Waals surface area contributed by atoms with E-state index in [0.717, 1.165) is 12.7 Å². The van der Waals surface area contributed by atoms with Crippen molar-refractivity contribution >= 4 is 0 Å². The van der Waals surface area contributed by atoms with Crippen molar-refractivity contribution in [3.8, 4) is 0 Å². The predicted octanol–water partition coefficient (Wildman–Crippen LogP) is -0.807. The Labute approximate surface area is 124 Å². The van der Waals surface area contributed by atoms with Crippen LogP contribution in [-0.2, 0) is 6.18 Å². The number of likely N-dealkylation sites (N-methyl/N-ethyl adjacent to an activating group) is 1. The molecule has 1 aliphatic rings. The molecule has 0 amide bonds. The molecule has 0 aliphatic carbocycles. The second-order valence-electron chi connectivity index (χ2n) is 4.89. The van der Waals surface area contributed by atoms with E-state index in [1.54, 1.807) is 4.98 Å².